The van der Waals surface area contributed by atoms with E-state index >= 15 is 0 Å². The Labute approximate surface area is 96.8 Å². The van der Waals surface area contributed by atoms with Crippen LogP contribution in [0.5, 0.6) is 0 Å². The van der Waals surface area contributed by atoms with Crippen molar-refractivity contribution in [3.8, 4) is 0 Å². The molecule has 1 aliphatic carbocycles. The smallest absolute Gasteiger partial charge is 0.267 e. The third kappa shape index (κ3) is 4.38. The predicted molar refractivity (Wildman–Crippen MR) is 65.2 cm³/mol. The molecule has 0 aromatic heterocycles. The fourth-order valence-electron chi connectivity index (χ4n) is 1.81. The molecule has 1 fully saturated rings. The van der Waals surface area contributed by atoms with Crippen LogP contribution in [0.15, 0.2) is 23.5 Å². The summed E-state index contributed by atoms with van der Waals surface area (Å²) in [4.78, 5) is 11.6. The quantitative estimate of drug-likeness (QED) is 0.495. The number of hydrogen-bond acceptors (Lipinski definition) is 3. The van der Waals surface area contributed by atoms with Crippen molar-refractivity contribution in [1.29, 1.82) is 0 Å². The molecule has 0 unspecified atom stereocenters. The lowest BCUT2D eigenvalue weighted by Crippen LogP contribution is -2.38. The molecule has 1 rings (SSSR count). The van der Waals surface area contributed by atoms with Crippen LogP contribution in [0.1, 0.15) is 39.0 Å². The first-order valence-corrected chi connectivity index (χ1v) is 5.80. The average Bonchev–Trinajstić information content (AvgIpc) is 2.27. The molecular weight excluding hydrogens is 202 g/mol. The molecule has 0 aromatic rings. The van der Waals surface area contributed by atoms with Crippen molar-refractivity contribution in [3.05, 3.63) is 23.5 Å². The molecule has 0 aromatic carbocycles. The summed E-state index contributed by atoms with van der Waals surface area (Å²) in [7, 11) is 0. The first kappa shape index (κ1) is 12.6. The number of nitrogens with two attached hydrogens (primary N) is 2. The normalized spacial score (nSPS) is 19.6. The molecule has 0 saturated heterocycles. The van der Waals surface area contributed by atoms with Crippen LogP contribution in [0.3, 0.4) is 0 Å². The largest absolute Gasteiger partial charge is 0.402 e. The van der Waals surface area contributed by atoms with Gasteiger partial charge in [0.2, 0.25) is 0 Å². The van der Waals surface area contributed by atoms with Crippen LogP contribution in [-0.4, -0.2) is 11.9 Å². The molecule has 4 nitrogen and oxygen atoms in total. The van der Waals surface area contributed by atoms with Gasteiger partial charge in [-0.15, -0.1) is 0 Å². The Hall–Kier alpha value is -1.45. The van der Waals surface area contributed by atoms with Gasteiger partial charge in [-0.1, -0.05) is 19.3 Å². The number of rotatable bonds is 3. The molecule has 1 saturated carbocycles. The molecule has 0 heterocycles. The van der Waals surface area contributed by atoms with Crippen LogP contribution >= 0.6 is 0 Å². The SMILES string of the molecule is C/C(N)=C/C=C(\N)C(=O)NC1CCCCC1. The third-order valence-corrected chi connectivity index (χ3v) is 2.73. The third-order valence-electron chi connectivity index (χ3n) is 2.73. The molecule has 5 N–H and O–H groups in total. The van der Waals surface area contributed by atoms with Crippen molar-refractivity contribution in [3.63, 3.8) is 0 Å². The van der Waals surface area contributed by atoms with Crippen molar-refractivity contribution in [2.24, 2.45) is 11.5 Å². The zero-order valence-electron chi connectivity index (χ0n) is 9.83. The minimum absolute atomic E-state index is 0.190. The fraction of sp³-hybridized carbons (Fsp3) is 0.583. The molecule has 4 heteroatoms. The van der Waals surface area contributed by atoms with Crippen molar-refractivity contribution in [1.82, 2.24) is 5.32 Å². The molecule has 0 bridgehead atoms. The average molecular weight is 223 g/mol. The second-order valence-corrected chi connectivity index (χ2v) is 4.34. The van der Waals surface area contributed by atoms with Gasteiger partial charge in [0.15, 0.2) is 0 Å². The van der Waals surface area contributed by atoms with Gasteiger partial charge < -0.3 is 16.8 Å². The summed E-state index contributed by atoms with van der Waals surface area (Å²) in [6.45, 7) is 1.75. The molecule has 0 atom stereocenters. The van der Waals surface area contributed by atoms with Crippen molar-refractivity contribution in [2.75, 3.05) is 0 Å². The summed E-state index contributed by atoms with van der Waals surface area (Å²) < 4.78 is 0. The highest BCUT2D eigenvalue weighted by atomic mass is 16.2. The Kier molecular flexibility index (Phi) is 4.89. The maximum atomic E-state index is 11.6. The van der Waals surface area contributed by atoms with Gasteiger partial charge in [-0.2, -0.15) is 0 Å². The van der Waals surface area contributed by atoms with Crippen molar-refractivity contribution < 1.29 is 4.79 Å². The maximum absolute atomic E-state index is 11.6. The van der Waals surface area contributed by atoms with Gasteiger partial charge in [0.25, 0.3) is 5.91 Å². The summed E-state index contributed by atoms with van der Waals surface area (Å²) in [6.07, 6.45) is 8.96. The number of hydrogen-bond donors (Lipinski definition) is 3. The van der Waals surface area contributed by atoms with Gasteiger partial charge in [-0.25, -0.2) is 0 Å². The van der Waals surface area contributed by atoms with Gasteiger partial charge in [0.05, 0.1) is 5.70 Å². The summed E-state index contributed by atoms with van der Waals surface area (Å²) in [5.41, 5.74) is 11.9. The Balaban J connectivity index is 2.44. The van der Waals surface area contributed by atoms with Crippen LogP contribution < -0.4 is 16.8 Å². The van der Waals surface area contributed by atoms with Crippen LogP contribution in [0.2, 0.25) is 0 Å². The lowest BCUT2D eigenvalue weighted by Gasteiger charge is -2.22. The predicted octanol–water partition coefficient (Wildman–Crippen LogP) is 1.14. The standard InChI is InChI=1S/C12H21N3O/c1-9(13)7-8-11(14)12(16)15-10-5-3-2-4-6-10/h7-8,10H,2-6,13-14H2,1H3,(H,15,16)/b9-7-,11-8-. The number of amides is 1. The molecule has 1 aliphatic rings. The van der Waals surface area contributed by atoms with E-state index in [4.69, 9.17) is 11.5 Å². The monoisotopic (exact) mass is 223 g/mol. The number of carbonyl (C=O) groups excluding carboxylic acids is 1. The second kappa shape index (κ2) is 6.20. The summed E-state index contributed by atoms with van der Waals surface area (Å²) in [5.74, 6) is -0.190. The van der Waals surface area contributed by atoms with Crippen LogP contribution in [0.4, 0.5) is 0 Å². The molecule has 0 aliphatic heterocycles. The van der Waals surface area contributed by atoms with Crippen LogP contribution in [0.25, 0.3) is 0 Å². The highest BCUT2D eigenvalue weighted by Gasteiger charge is 2.16. The fourth-order valence-corrected chi connectivity index (χ4v) is 1.81. The first-order valence-electron chi connectivity index (χ1n) is 5.80. The van der Waals surface area contributed by atoms with Crippen molar-refractivity contribution in [2.45, 2.75) is 45.1 Å². The molecule has 1 amide bonds. The topological polar surface area (TPSA) is 81.1 Å². The first-order chi connectivity index (χ1) is 7.59. The summed E-state index contributed by atoms with van der Waals surface area (Å²) in [6, 6.07) is 0.288. The van der Waals surface area contributed by atoms with Gasteiger partial charge in [-0.3, -0.25) is 4.79 Å². The molecular formula is C12H21N3O. The van der Waals surface area contributed by atoms with E-state index in [2.05, 4.69) is 5.32 Å². The Morgan fingerprint density at radius 2 is 1.81 bits per heavy atom. The van der Waals surface area contributed by atoms with E-state index in [1.54, 1.807) is 19.1 Å². The number of carbonyl (C=O) groups is 1. The van der Waals surface area contributed by atoms with Crippen molar-refractivity contribution >= 4 is 5.91 Å². The highest BCUT2D eigenvalue weighted by Crippen LogP contribution is 2.17. The number of nitrogens with one attached hydrogen (secondary N) is 1. The number of allylic oxidation sites excluding steroid dienone is 3. The van der Waals surface area contributed by atoms with E-state index < -0.39 is 0 Å². The van der Waals surface area contributed by atoms with Gasteiger partial charge >= 0.3 is 0 Å². The van der Waals surface area contributed by atoms with E-state index in [1.165, 1.54) is 19.3 Å². The summed E-state index contributed by atoms with van der Waals surface area (Å²) in [5, 5.41) is 2.94. The minimum atomic E-state index is -0.190. The molecule has 16 heavy (non-hydrogen) atoms. The van der Waals surface area contributed by atoms with E-state index in [-0.39, 0.29) is 17.6 Å². The van der Waals surface area contributed by atoms with Crippen LogP contribution in [-0.2, 0) is 4.79 Å². The Morgan fingerprint density at radius 1 is 1.19 bits per heavy atom. The molecule has 0 spiro atoms. The molecule has 90 valence electrons. The summed E-state index contributed by atoms with van der Waals surface area (Å²) >= 11 is 0. The van der Waals surface area contributed by atoms with E-state index in [1.807, 2.05) is 0 Å². The van der Waals surface area contributed by atoms with Gasteiger partial charge in [-0.05, 0) is 31.9 Å². The van der Waals surface area contributed by atoms with Gasteiger partial charge in [0.1, 0.15) is 0 Å². The lowest BCUT2D eigenvalue weighted by atomic mass is 9.95. The van der Waals surface area contributed by atoms with Gasteiger partial charge in [0, 0.05) is 11.7 Å². The van der Waals surface area contributed by atoms with E-state index in [0.29, 0.717) is 5.70 Å². The Morgan fingerprint density at radius 3 is 2.38 bits per heavy atom. The van der Waals surface area contributed by atoms with Crippen LogP contribution in [0, 0.1) is 0 Å². The lowest BCUT2D eigenvalue weighted by molar-refractivity contribution is -0.118. The Bertz CT molecular complexity index is 297. The highest BCUT2D eigenvalue weighted by molar-refractivity contribution is 5.92. The maximum Gasteiger partial charge on any atom is 0.267 e. The van der Waals surface area contributed by atoms with E-state index in [9.17, 15) is 4.79 Å². The van der Waals surface area contributed by atoms with E-state index in [0.717, 1.165) is 12.8 Å². The molecule has 0 radical (unpaired) electrons. The second-order valence-electron chi connectivity index (χ2n) is 4.34. The zero-order valence-corrected chi connectivity index (χ0v) is 9.83. The minimum Gasteiger partial charge on any atom is -0.402 e. The zero-order chi connectivity index (χ0) is 12.0.